The summed E-state index contributed by atoms with van der Waals surface area (Å²) in [5, 5.41) is 5.45. The minimum absolute atomic E-state index is 0.850. The minimum atomic E-state index is 0.850. The van der Waals surface area contributed by atoms with Crippen LogP contribution in [0.1, 0.15) is 187 Å². The summed E-state index contributed by atoms with van der Waals surface area (Å²) in [6.45, 7) is 26.4. The van der Waals surface area contributed by atoms with Crippen LogP contribution in [0.5, 0.6) is 0 Å². The first-order chi connectivity index (χ1) is 38.2. The van der Waals surface area contributed by atoms with Gasteiger partial charge in [-0.1, -0.05) is 268 Å². The van der Waals surface area contributed by atoms with E-state index in [2.05, 4.69) is 253 Å². The number of hydrogen-bond acceptors (Lipinski definition) is 0. The highest BCUT2D eigenvalue weighted by Crippen LogP contribution is 2.40. The molecule has 0 saturated heterocycles. The van der Waals surface area contributed by atoms with E-state index >= 15 is 0 Å². The Morgan fingerprint density at radius 3 is 1.24 bits per heavy atom. The van der Waals surface area contributed by atoms with Crippen molar-refractivity contribution in [2.75, 3.05) is 0 Å². The summed E-state index contributed by atoms with van der Waals surface area (Å²) >= 11 is 0. The third-order valence-corrected chi connectivity index (χ3v) is 16.7. The van der Waals surface area contributed by atoms with E-state index in [-0.39, 0.29) is 0 Å². The second kappa shape index (κ2) is 30.2. The molecule has 0 aromatic heterocycles. The van der Waals surface area contributed by atoms with Crippen molar-refractivity contribution >= 4 is 21.5 Å². The van der Waals surface area contributed by atoms with Crippen LogP contribution in [-0.4, -0.2) is 0 Å². The molecule has 0 N–H and O–H groups in total. The van der Waals surface area contributed by atoms with Crippen molar-refractivity contribution in [3.8, 4) is 22.3 Å². The smallest absolute Gasteiger partial charge is 0.0103 e. The van der Waals surface area contributed by atoms with Gasteiger partial charge < -0.3 is 0 Å². The van der Waals surface area contributed by atoms with E-state index < -0.39 is 0 Å². The van der Waals surface area contributed by atoms with E-state index in [4.69, 9.17) is 0 Å². The number of benzene rings is 9. The van der Waals surface area contributed by atoms with Crippen molar-refractivity contribution in [1.29, 1.82) is 0 Å². The van der Waals surface area contributed by atoms with Crippen molar-refractivity contribution < 1.29 is 0 Å². The monoisotopic (exact) mass is 1040 g/mol. The van der Waals surface area contributed by atoms with E-state index in [1.165, 1.54) is 196 Å². The van der Waals surface area contributed by atoms with Crippen LogP contribution >= 0.6 is 0 Å². The molecule has 0 atom stereocenters. The molecule has 0 radical (unpaired) electrons. The standard InChI is InChI=1S/C20H30.C20H18.C17H16.C14H22.C8H10/c2*1-15-13-20(18-11-7-4-8-12-18)16(2)14-19(15)17-9-5-3-6-10-17;1-11-4-6-15-14(8-11)10-13(3)17-9-12(2)5-7-16(15)17;1-4-5-6-7-8-14-10-12(2)9-13(3)11-14;1-7-4-3-5-8(2)6-7/h13-14,17-18H,3-12H2,1-2H3;3-14H,1-2H3;4-10H,1-3H3;9-11H,4-8H2,1-3H3;3-6H,1-2H3. The van der Waals surface area contributed by atoms with E-state index in [1.54, 1.807) is 22.3 Å². The number of rotatable bonds is 9. The minimum Gasteiger partial charge on any atom is -0.0654 e. The summed E-state index contributed by atoms with van der Waals surface area (Å²) in [5.74, 6) is 1.70. The van der Waals surface area contributed by atoms with Crippen LogP contribution < -0.4 is 0 Å². The van der Waals surface area contributed by atoms with Gasteiger partial charge in [0.05, 0.1) is 0 Å². The van der Waals surface area contributed by atoms with Crippen molar-refractivity contribution in [3.63, 3.8) is 0 Å². The highest BCUT2D eigenvalue weighted by molar-refractivity contribution is 6.09. The Balaban J connectivity index is 0.000000147. The van der Waals surface area contributed by atoms with Crippen LogP contribution in [-0.2, 0) is 6.42 Å². The molecule has 0 amide bonds. The lowest BCUT2D eigenvalue weighted by atomic mass is 9.77. The molecule has 0 unspecified atom stereocenters. The van der Waals surface area contributed by atoms with Gasteiger partial charge in [0.15, 0.2) is 0 Å². The summed E-state index contributed by atoms with van der Waals surface area (Å²) < 4.78 is 0. The summed E-state index contributed by atoms with van der Waals surface area (Å²) in [5.41, 5.74) is 25.3. The van der Waals surface area contributed by atoms with Gasteiger partial charge in [-0.3, -0.25) is 0 Å². The molecule has 2 saturated carbocycles. The van der Waals surface area contributed by atoms with E-state index in [9.17, 15) is 0 Å². The number of fused-ring (bicyclic) bond motifs is 3. The zero-order valence-electron chi connectivity index (χ0n) is 50.9. The van der Waals surface area contributed by atoms with Crippen molar-refractivity contribution in [1.82, 2.24) is 0 Å². The maximum atomic E-state index is 2.55. The summed E-state index contributed by atoms with van der Waals surface area (Å²) in [7, 11) is 0. The second-order valence-corrected chi connectivity index (χ2v) is 23.9. The zero-order valence-corrected chi connectivity index (χ0v) is 50.9. The van der Waals surface area contributed by atoms with Gasteiger partial charge in [0, 0.05) is 0 Å². The molecule has 0 aliphatic heterocycles. The van der Waals surface area contributed by atoms with Gasteiger partial charge in [0.2, 0.25) is 0 Å². The Bertz CT molecular complexity index is 3170. The van der Waals surface area contributed by atoms with Crippen LogP contribution in [0, 0.1) is 76.2 Å². The van der Waals surface area contributed by atoms with Gasteiger partial charge in [-0.15, -0.1) is 0 Å². The topological polar surface area (TPSA) is 0 Å². The first-order valence-electron chi connectivity index (χ1n) is 30.5. The number of aryl methyl sites for hydroxylation is 12. The molecule has 9 aromatic rings. The predicted molar refractivity (Wildman–Crippen MR) is 350 cm³/mol. The maximum Gasteiger partial charge on any atom is -0.0103 e. The molecule has 0 nitrogen and oxygen atoms in total. The van der Waals surface area contributed by atoms with E-state index in [1.807, 2.05) is 0 Å². The first-order valence-corrected chi connectivity index (χ1v) is 30.5. The fourth-order valence-electron chi connectivity index (χ4n) is 12.6. The van der Waals surface area contributed by atoms with E-state index in [0.29, 0.717) is 0 Å². The maximum absolute atomic E-state index is 2.55. The first kappa shape index (κ1) is 60.1. The molecule has 0 bridgehead atoms. The van der Waals surface area contributed by atoms with Gasteiger partial charge in [0.1, 0.15) is 0 Å². The summed E-state index contributed by atoms with van der Waals surface area (Å²) in [6, 6.07) is 61.9. The molecule has 2 fully saturated rings. The van der Waals surface area contributed by atoms with Crippen LogP contribution in [0.4, 0.5) is 0 Å². The molecular formula is C79H96. The average molecular weight is 1050 g/mol. The Morgan fingerprint density at radius 2 is 0.772 bits per heavy atom. The Kier molecular flexibility index (Phi) is 23.0. The van der Waals surface area contributed by atoms with Crippen LogP contribution in [0.15, 0.2) is 170 Å². The molecule has 0 heterocycles. The third kappa shape index (κ3) is 17.7. The fraction of sp³-hybridized carbons (Fsp3) is 0.367. The highest BCUT2D eigenvalue weighted by Gasteiger charge is 2.22. The Labute approximate surface area is 480 Å². The fourth-order valence-corrected chi connectivity index (χ4v) is 12.6. The lowest BCUT2D eigenvalue weighted by Crippen LogP contribution is -2.10. The lowest BCUT2D eigenvalue weighted by molar-refractivity contribution is 0.437. The van der Waals surface area contributed by atoms with Crippen LogP contribution in [0.2, 0.25) is 0 Å². The summed E-state index contributed by atoms with van der Waals surface area (Å²) in [6.07, 6.45) is 21.0. The van der Waals surface area contributed by atoms with Gasteiger partial charge in [-0.2, -0.15) is 0 Å². The molecule has 412 valence electrons. The average Bonchev–Trinajstić information content (AvgIpc) is 3.46. The third-order valence-electron chi connectivity index (χ3n) is 16.7. The van der Waals surface area contributed by atoms with Gasteiger partial charge in [-0.05, 0) is 215 Å². The normalized spacial score (nSPS) is 13.5. The number of unbranched alkanes of at least 4 members (excludes halogenated alkanes) is 3. The van der Waals surface area contributed by atoms with Crippen molar-refractivity contribution in [2.24, 2.45) is 0 Å². The Morgan fingerprint density at radius 1 is 0.316 bits per heavy atom. The second-order valence-electron chi connectivity index (χ2n) is 23.9. The quantitative estimate of drug-likeness (QED) is 0.0998. The molecule has 11 rings (SSSR count). The molecule has 0 heteroatoms. The van der Waals surface area contributed by atoms with Gasteiger partial charge in [-0.25, -0.2) is 0 Å². The molecule has 0 spiro atoms. The van der Waals surface area contributed by atoms with Gasteiger partial charge >= 0.3 is 0 Å². The number of hydrogen-bond donors (Lipinski definition) is 0. The van der Waals surface area contributed by atoms with Gasteiger partial charge in [0.25, 0.3) is 0 Å². The Hall–Kier alpha value is -6.50. The SMILES string of the molecule is CCCCCCc1cc(C)cc(C)c1.Cc1cc(-c2ccccc2)c(C)cc1-c1ccccc1.Cc1cc(C2CCCCC2)c(C)cc1C1CCCCC1.Cc1ccc2c(c1)cc(C)c1cc(C)ccc12.Cc1cccc(C)c1. The van der Waals surface area contributed by atoms with Crippen LogP contribution in [0.25, 0.3) is 43.8 Å². The molecule has 2 aliphatic rings. The van der Waals surface area contributed by atoms with Crippen LogP contribution in [0.3, 0.4) is 0 Å². The lowest BCUT2D eigenvalue weighted by Gasteiger charge is -2.28. The molecule has 79 heavy (non-hydrogen) atoms. The zero-order chi connectivity index (χ0) is 56.3. The molecule has 2 aliphatic carbocycles. The summed E-state index contributed by atoms with van der Waals surface area (Å²) in [4.78, 5) is 0. The van der Waals surface area contributed by atoms with Crippen molar-refractivity contribution in [2.45, 2.75) is 191 Å². The molecular weight excluding hydrogens is 949 g/mol. The molecule has 9 aromatic carbocycles. The predicted octanol–water partition coefficient (Wildman–Crippen LogP) is 23.7. The van der Waals surface area contributed by atoms with E-state index in [0.717, 1.165) is 11.8 Å². The van der Waals surface area contributed by atoms with Crippen molar-refractivity contribution in [3.05, 3.63) is 248 Å². The largest absolute Gasteiger partial charge is 0.0654 e. The highest BCUT2D eigenvalue weighted by atomic mass is 14.3.